The Balaban J connectivity index is 2.47. The van der Waals surface area contributed by atoms with E-state index in [0.717, 1.165) is 25.1 Å². The highest BCUT2D eigenvalue weighted by Gasteiger charge is 2.15. The molecule has 1 aromatic rings. The Morgan fingerprint density at radius 2 is 2.00 bits per heavy atom. The fourth-order valence-electron chi connectivity index (χ4n) is 1.83. The number of hydrogen-bond donors (Lipinski definition) is 1. The van der Waals surface area contributed by atoms with Gasteiger partial charge in [0.1, 0.15) is 11.6 Å². The molecule has 0 amide bonds. The molecule has 0 spiro atoms. The Hall–Kier alpha value is -1.12. The van der Waals surface area contributed by atoms with Gasteiger partial charge in [0, 0.05) is 17.7 Å². The molecule has 3 nitrogen and oxygen atoms in total. The zero-order valence-electron chi connectivity index (χ0n) is 8.01. The van der Waals surface area contributed by atoms with Crippen LogP contribution in [0.25, 0.3) is 0 Å². The van der Waals surface area contributed by atoms with Gasteiger partial charge < -0.3 is 5.73 Å². The molecule has 0 fully saturated rings. The van der Waals surface area contributed by atoms with Crippen LogP contribution in [0.3, 0.4) is 0 Å². The van der Waals surface area contributed by atoms with E-state index in [0.29, 0.717) is 5.82 Å². The second-order valence-corrected chi connectivity index (χ2v) is 3.51. The van der Waals surface area contributed by atoms with Crippen LogP contribution in [-0.4, -0.2) is 9.97 Å². The van der Waals surface area contributed by atoms with Gasteiger partial charge in [-0.15, -0.1) is 0 Å². The van der Waals surface area contributed by atoms with E-state index in [2.05, 4.69) is 16.9 Å². The Labute approximate surface area is 78.4 Å². The number of fused-ring (bicyclic) bond motifs is 1. The average Bonchev–Trinajstić information content (AvgIpc) is 2.18. The number of anilines is 1. The molecule has 0 saturated heterocycles. The third-order valence-corrected chi connectivity index (χ3v) is 2.58. The lowest BCUT2D eigenvalue weighted by Gasteiger charge is -2.16. The van der Waals surface area contributed by atoms with Gasteiger partial charge in [-0.25, -0.2) is 9.97 Å². The van der Waals surface area contributed by atoms with E-state index < -0.39 is 0 Å². The van der Waals surface area contributed by atoms with Gasteiger partial charge in [0.05, 0.1) is 0 Å². The maximum Gasteiger partial charge on any atom is 0.130 e. The number of nitrogen functional groups attached to an aromatic ring is 1. The molecule has 0 atom stereocenters. The summed E-state index contributed by atoms with van der Waals surface area (Å²) in [5.41, 5.74) is 8.25. The van der Waals surface area contributed by atoms with Crippen LogP contribution in [0.4, 0.5) is 5.82 Å². The van der Waals surface area contributed by atoms with Crippen molar-refractivity contribution in [2.24, 2.45) is 0 Å². The lowest BCUT2D eigenvalue weighted by Crippen LogP contribution is -2.12. The van der Waals surface area contributed by atoms with E-state index in [1.807, 2.05) is 0 Å². The van der Waals surface area contributed by atoms with Crippen LogP contribution < -0.4 is 5.73 Å². The number of nitrogens with two attached hydrogens (primary N) is 1. The van der Waals surface area contributed by atoms with Crippen molar-refractivity contribution in [3.8, 4) is 0 Å². The van der Waals surface area contributed by atoms with Crippen LogP contribution in [0.1, 0.15) is 36.8 Å². The Morgan fingerprint density at radius 3 is 2.77 bits per heavy atom. The molecule has 3 heteroatoms. The summed E-state index contributed by atoms with van der Waals surface area (Å²) in [6.45, 7) is 2.06. The predicted molar refractivity (Wildman–Crippen MR) is 52.5 cm³/mol. The van der Waals surface area contributed by atoms with E-state index in [1.54, 1.807) is 0 Å². The number of nitrogens with zero attached hydrogens (tertiary/aromatic N) is 2. The molecule has 0 saturated carbocycles. The monoisotopic (exact) mass is 177 g/mol. The summed E-state index contributed by atoms with van der Waals surface area (Å²) >= 11 is 0. The van der Waals surface area contributed by atoms with Gasteiger partial charge >= 0.3 is 0 Å². The quantitative estimate of drug-likeness (QED) is 0.707. The molecule has 0 unspecified atom stereocenters. The fourth-order valence-corrected chi connectivity index (χ4v) is 1.83. The van der Waals surface area contributed by atoms with E-state index in [1.165, 1.54) is 24.1 Å². The standard InChI is InChI=1S/C10H15N3/c1-2-9-12-8-6-4-3-5-7(8)10(11)13-9/h2-6H2,1H3,(H2,11,12,13). The van der Waals surface area contributed by atoms with Crippen molar-refractivity contribution >= 4 is 5.82 Å². The summed E-state index contributed by atoms with van der Waals surface area (Å²) in [6.07, 6.45) is 5.48. The highest BCUT2D eigenvalue weighted by molar-refractivity contribution is 5.43. The lowest BCUT2D eigenvalue weighted by atomic mass is 9.96. The first-order chi connectivity index (χ1) is 6.31. The number of aromatic nitrogens is 2. The molecule has 1 heterocycles. The molecule has 0 radical (unpaired) electrons. The van der Waals surface area contributed by atoms with Crippen molar-refractivity contribution in [2.45, 2.75) is 39.0 Å². The normalized spacial score (nSPS) is 15.5. The molecule has 2 rings (SSSR count). The summed E-state index contributed by atoms with van der Waals surface area (Å²) < 4.78 is 0. The first-order valence-electron chi connectivity index (χ1n) is 4.95. The first-order valence-corrected chi connectivity index (χ1v) is 4.95. The van der Waals surface area contributed by atoms with Crippen LogP contribution in [0.15, 0.2) is 0 Å². The average molecular weight is 177 g/mol. The molecule has 0 aromatic carbocycles. The molecular weight excluding hydrogens is 162 g/mol. The van der Waals surface area contributed by atoms with Crippen LogP contribution in [0.5, 0.6) is 0 Å². The third kappa shape index (κ3) is 1.50. The molecule has 0 bridgehead atoms. The fraction of sp³-hybridized carbons (Fsp3) is 0.600. The van der Waals surface area contributed by atoms with E-state index in [9.17, 15) is 0 Å². The van der Waals surface area contributed by atoms with Gasteiger partial charge in [-0.1, -0.05) is 6.92 Å². The van der Waals surface area contributed by atoms with Crippen LogP contribution in [0.2, 0.25) is 0 Å². The van der Waals surface area contributed by atoms with Gasteiger partial charge in [0.25, 0.3) is 0 Å². The maximum atomic E-state index is 5.87. The first kappa shape index (κ1) is 8.48. The lowest BCUT2D eigenvalue weighted by molar-refractivity contribution is 0.657. The van der Waals surface area contributed by atoms with Gasteiger partial charge in [0.2, 0.25) is 0 Å². The highest BCUT2D eigenvalue weighted by atomic mass is 15.0. The number of hydrogen-bond acceptors (Lipinski definition) is 3. The largest absolute Gasteiger partial charge is 0.383 e. The molecule has 0 aliphatic heterocycles. The minimum Gasteiger partial charge on any atom is -0.383 e. The van der Waals surface area contributed by atoms with Crippen LogP contribution in [-0.2, 0) is 19.3 Å². The molecule has 1 aliphatic carbocycles. The van der Waals surface area contributed by atoms with Crippen molar-refractivity contribution in [3.05, 3.63) is 17.1 Å². The Bertz CT molecular complexity index is 320. The molecular formula is C10H15N3. The minimum atomic E-state index is 0.710. The Morgan fingerprint density at radius 1 is 1.23 bits per heavy atom. The summed E-state index contributed by atoms with van der Waals surface area (Å²) in [6, 6.07) is 0. The highest BCUT2D eigenvalue weighted by Crippen LogP contribution is 2.23. The predicted octanol–water partition coefficient (Wildman–Crippen LogP) is 1.50. The van der Waals surface area contributed by atoms with Crippen LogP contribution >= 0.6 is 0 Å². The van der Waals surface area contributed by atoms with Gasteiger partial charge in [-0.2, -0.15) is 0 Å². The van der Waals surface area contributed by atoms with E-state index >= 15 is 0 Å². The van der Waals surface area contributed by atoms with Gasteiger partial charge in [0.15, 0.2) is 0 Å². The molecule has 1 aliphatic rings. The summed E-state index contributed by atoms with van der Waals surface area (Å²) in [5, 5.41) is 0. The van der Waals surface area contributed by atoms with Crippen molar-refractivity contribution in [1.29, 1.82) is 0 Å². The maximum absolute atomic E-state index is 5.87. The number of rotatable bonds is 1. The second kappa shape index (κ2) is 3.32. The van der Waals surface area contributed by atoms with Crippen LogP contribution in [0, 0.1) is 0 Å². The molecule has 13 heavy (non-hydrogen) atoms. The van der Waals surface area contributed by atoms with Crippen molar-refractivity contribution < 1.29 is 0 Å². The minimum absolute atomic E-state index is 0.710. The van der Waals surface area contributed by atoms with E-state index in [4.69, 9.17) is 5.73 Å². The zero-order valence-corrected chi connectivity index (χ0v) is 8.01. The number of aryl methyl sites for hydroxylation is 2. The summed E-state index contributed by atoms with van der Waals surface area (Å²) in [5.74, 6) is 1.60. The molecule has 70 valence electrons. The second-order valence-electron chi connectivity index (χ2n) is 3.51. The molecule has 2 N–H and O–H groups in total. The van der Waals surface area contributed by atoms with E-state index in [-0.39, 0.29) is 0 Å². The van der Waals surface area contributed by atoms with Crippen molar-refractivity contribution in [1.82, 2.24) is 9.97 Å². The SMILES string of the molecule is CCc1nc(N)c2c(n1)CCCC2. The zero-order chi connectivity index (χ0) is 9.26. The smallest absolute Gasteiger partial charge is 0.130 e. The molecule has 1 aromatic heterocycles. The summed E-state index contributed by atoms with van der Waals surface area (Å²) in [4.78, 5) is 8.77. The topological polar surface area (TPSA) is 51.8 Å². The Kier molecular flexibility index (Phi) is 2.17. The summed E-state index contributed by atoms with van der Waals surface area (Å²) in [7, 11) is 0. The van der Waals surface area contributed by atoms with Crippen molar-refractivity contribution in [3.63, 3.8) is 0 Å². The van der Waals surface area contributed by atoms with Gasteiger partial charge in [-0.3, -0.25) is 0 Å². The van der Waals surface area contributed by atoms with Crippen molar-refractivity contribution in [2.75, 3.05) is 5.73 Å². The van der Waals surface area contributed by atoms with Gasteiger partial charge in [-0.05, 0) is 25.7 Å². The third-order valence-electron chi connectivity index (χ3n) is 2.58.